The predicted octanol–water partition coefficient (Wildman–Crippen LogP) is 4.06. The third kappa shape index (κ3) is 4.32. The molecule has 0 amide bonds. The molecule has 4 aromatic rings. The first-order valence-corrected chi connectivity index (χ1v) is 10.5. The summed E-state index contributed by atoms with van der Waals surface area (Å²) in [7, 11) is 7.00. The van der Waals surface area contributed by atoms with E-state index in [0.717, 1.165) is 40.2 Å². The van der Waals surface area contributed by atoms with Crippen molar-refractivity contribution < 1.29 is 9.47 Å². The first kappa shape index (κ1) is 21.9. The second kappa shape index (κ2) is 9.42. The molecule has 0 atom stereocenters. The Bertz CT molecular complexity index is 1240. The molecule has 166 valence electrons. The van der Waals surface area contributed by atoms with Gasteiger partial charge in [0, 0.05) is 55.8 Å². The van der Waals surface area contributed by atoms with Crippen molar-refractivity contribution in [1.29, 1.82) is 0 Å². The maximum atomic E-state index is 6.70. The Hall–Kier alpha value is -3.36. The number of anilines is 2. The van der Waals surface area contributed by atoms with E-state index in [2.05, 4.69) is 15.4 Å². The van der Waals surface area contributed by atoms with E-state index in [4.69, 9.17) is 26.1 Å². The number of aryl methyl sites for hydroxylation is 1. The van der Waals surface area contributed by atoms with Gasteiger partial charge in [-0.25, -0.2) is 4.98 Å². The molecule has 0 aliphatic carbocycles. The lowest BCUT2D eigenvalue weighted by molar-refractivity contribution is 0.394. The number of hydrogen-bond donors (Lipinski definition) is 1. The summed E-state index contributed by atoms with van der Waals surface area (Å²) in [4.78, 5) is 11.5. The van der Waals surface area contributed by atoms with Crippen molar-refractivity contribution in [2.24, 2.45) is 7.05 Å². The number of likely N-dealkylation sites (N-methyl/N-ethyl adjacent to an activating group) is 1. The van der Waals surface area contributed by atoms with Crippen LogP contribution >= 0.6 is 11.6 Å². The average Bonchev–Trinajstić information content (AvgIpc) is 3.26. The number of hydrogen-bond acceptors (Lipinski definition) is 7. The van der Waals surface area contributed by atoms with Gasteiger partial charge in [0.05, 0.1) is 37.1 Å². The molecule has 1 N–H and O–H groups in total. The van der Waals surface area contributed by atoms with Crippen molar-refractivity contribution in [2.45, 2.75) is 0 Å². The maximum Gasteiger partial charge on any atom is 0.143 e. The Balaban J connectivity index is 1.82. The lowest BCUT2D eigenvalue weighted by Gasteiger charge is -2.26. The molecule has 1 aromatic carbocycles. The summed E-state index contributed by atoms with van der Waals surface area (Å²) in [6, 6.07) is 9.57. The van der Waals surface area contributed by atoms with Crippen LogP contribution in [0.2, 0.25) is 5.02 Å². The van der Waals surface area contributed by atoms with Gasteiger partial charge < -0.3 is 19.7 Å². The number of pyridine rings is 2. The normalized spacial score (nSPS) is 11.0. The van der Waals surface area contributed by atoms with Crippen molar-refractivity contribution in [2.75, 3.05) is 39.3 Å². The lowest BCUT2D eigenvalue weighted by Crippen LogP contribution is -2.27. The predicted molar refractivity (Wildman–Crippen MR) is 127 cm³/mol. The summed E-state index contributed by atoms with van der Waals surface area (Å²) < 4.78 is 12.7. The molecule has 32 heavy (non-hydrogen) atoms. The van der Waals surface area contributed by atoms with Crippen LogP contribution in [0.15, 0.2) is 48.9 Å². The maximum absolute atomic E-state index is 6.70. The first-order chi connectivity index (χ1) is 15.5. The Morgan fingerprint density at radius 3 is 2.59 bits per heavy atom. The Morgan fingerprint density at radius 2 is 1.91 bits per heavy atom. The standard InChI is InChI=1S/C23H25ClN6O2/c1-25-7-8-30(20-10-17(31-3)11-21(32-4)23(20)24)22-6-5-18-19(28-22)9-15(12-26-18)16-13-27-29(2)14-16/h5-6,9-14,25H,7-8H2,1-4H3. The number of benzene rings is 1. The number of methoxy groups -OCH3 is 2. The molecule has 0 saturated carbocycles. The largest absolute Gasteiger partial charge is 0.497 e. The third-order valence-electron chi connectivity index (χ3n) is 5.16. The van der Waals surface area contributed by atoms with Crippen LogP contribution in [0.1, 0.15) is 0 Å². The number of nitrogens with one attached hydrogen (secondary N) is 1. The Labute approximate surface area is 191 Å². The topological polar surface area (TPSA) is 77.3 Å². The monoisotopic (exact) mass is 452 g/mol. The minimum absolute atomic E-state index is 0.494. The minimum Gasteiger partial charge on any atom is -0.497 e. The van der Waals surface area contributed by atoms with Crippen LogP contribution in [0.3, 0.4) is 0 Å². The van der Waals surface area contributed by atoms with Gasteiger partial charge in [-0.3, -0.25) is 9.67 Å². The van der Waals surface area contributed by atoms with Gasteiger partial charge in [0.25, 0.3) is 0 Å². The highest BCUT2D eigenvalue weighted by Gasteiger charge is 2.19. The van der Waals surface area contributed by atoms with Crippen molar-refractivity contribution in [3.63, 3.8) is 0 Å². The van der Waals surface area contributed by atoms with Crippen LogP contribution in [0.5, 0.6) is 11.5 Å². The summed E-state index contributed by atoms with van der Waals surface area (Å²) in [6.07, 6.45) is 5.60. The van der Waals surface area contributed by atoms with Crippen LogP contribution in [-0.2, 0) is 7.05 Å². The van der Waals surface area contributed by atoms with Gasteiger partial charge in [-0.05, 0) is 25.2 Å². The van der Waals surface area contributed by atoms with Crippen LogP contribution in [0.4, 0.5) is 11.5 Å². The molecule has 0 spiro atoms. The fourth-order valence-corrected chi connectivity index (χ4v) is 3.77. The van der Waals surface area contributed by atoms with Crippen molar-refractivity contribution in [1.82, 2.24) is 25.1 Å². The fourth-order valence-electron chi connectivity index (χ4n) is 3.48. The molecule has 0 unspecified atom stereocenters. The molecule has 9 heteroatoms. The number of rotatable bonds is 8. The van der Waals surface area contributed by atoms with E-state index < -0.39 is 0 Å². The molecule has 0 aliphatic rings. The van der Waals surface area contributed by atoms with E-state index in [1.54, 1.807) is 25.0 Å². The Morgan fingerprint density at radius 1 is 1.06 bits per heavy atom. The average molecular weight is 453 g/mol. The molecular weight excluding hydrogens is 428 g/mol. The molecule has 0 saturated heterocycles. The quantitative estimate of drug-likeness (QED) is 0.432. The van der Waals surface area contributed by atoms with Crippen molar-refractivity contribution in [3.8, 4) is 22.6 Å². The Kier molecular flexibility index (Phi) is 6.43. The second-order valence-electron chi connectivity index (χ2n) is 7.25. The molecule has 0 aliphatic heterocycles. The van der Waals surface area contributed by atoms with E-state index in [1.807, 2.05) is 61.9 Å². The van der Waals surface area contributed by atoms with Crippen LogP contribution < -0.4 is 19.7 Å². The van der Waals surface area contributed by atoms with Crippen LogP contribution in [0.25, 0.3) is 22.2 Å². The van der Waals surface area contributed by atoms with E-state index in [9.17, 15) is 0 Å². The summed E-state index contributed by atoms with van der Waals surface area (Å²) in [5.74, 6) is 1.93. The fraction of sp³-hybridized carbons (Fsp3) is 0.261. The molecule has 0 bridgehead atoms. The molecule has 4 rings (SSSR count). The number of nitrogens with zero attached hydrogens (tertiary/aromatic N) is 5. The van der Waals surface area contributed by atoms with Crippen LogP contribution in [-0.4, -0.2) is 54.1 Å². The number of fused-ring (bicyclic) bond motifs is 1. The zero-order valence-electron chi connectivity index (χ0n) is 18.5. The molecule has 0 radical (unpaired) electrons. The summed E-state index contributed by atoms with van der Waals surface area (Å²) in [6.45, 7) is 1.37. The van der Waals surface area contributed by atoms with Crippen molar-refractivity contribution >= 4 is 34.1 Å². The SMILES string of the molecule is CNCCN(c1ccc2ncc(-c3cnn(C)c3)cc2n1)c1cc(OC)cc(OC)c1Cl. The zero-order chi connectivity index (χ0) is 22.7. The van der Waals surface area contributed by atoms with Gasteiger partial charge in [-0.2, -0.15) is 5.10 Å². The molecule has 0 fully saturated rings. The highest BCUT2D eigenvalue weighted by atomic mass is 35.5. The van der Waals surface area contributed by atoms with E-state index in [1.165, 1.54) is 0 Å². The number of aromatic nitrogens is 4. The van der Waals surface area contributed by atoms with E-state index in [0.29, 0.717) is 23.1 Å². The smallest absolute Gasteiger partial charge is 0.143 e. The van der Waals surface area contributed by atoms with Crippen molar-refractivity contribution in [3.05, 3.63) is 53.9 Å². The summed E-state index contributed by atoms with van der Waals surface area (Å²) in [5.41, 5.74) is 4.29. The molecule has 3 heterocycles. The second-order valence-corrected chi connectivity index (χ2v) is 7.63. The highest BCUT2D eigenvalue weighted by Crippen LogP contribution is 2.41. The van der Waals surface area contributed by atoms with E-state index >= 15 is 0 Å². The van der Waals surface area contributed by atoms with Gasteiger partial charge in [-0.15, -0.1) is 0 Å². The van der Waals surface area contributed by atoms with E-state index in [-0.39, 0.29) is 0 Å². The number of halogens is 1. The zero-order valence-corrected chi connectivity index (χ0v) is 19.2. The molecular formula is C23H25ClN6O2. The van der Waals surface area contributed by atoms with Gasteiger partial charge in [0.15, 0.2) is 0 Å². The number of ether oxygens (including phenoxy) is 2. The van der Waals surface area contributed by atoms with Gasteiger partial charge in [0.1, 0.15) is 22.3 Å². The highest BCUT2D eigenvalue weighted by molar-refractivity contribution is 6.35. The van der Waals surface area contributed by atoms with Crippen LogP contribution in [0, 0.1) is 0 Å². The van der Waals surface area contributed by atoms with Gasteiger partial charge in [0.2, 0.25) is 0 Å². The minimum atomic E-state index is 0.494. The molecule has 3 aromatic heterocycles. The lowest BCUT2D eigenvalue weighted by atomic mass is 10.1. The van der Waals surface area contributed by atoms with Gasteiger partial charge >= 0.3 is 0 Å². The molecule has 8 nitrogen and oxygen atoms in total. The first-order valence-electron chi connectivity index (χ1n) is 10.1. The summed E-state index contributed by atoms with van der Waals surface area (Å²) in [5, 5.41) is 7.93. The van der Waals surface area contributed by atoms with Gasteiger partial charge in [-0.1, -0.05) is 11.6 Å². The third-order valence-corrected chi connectivity index (χ3v) is 5.54. The summed E-state index contributed by atoms with van der Waals surface area (Å²) >= 11 is 6.70.